The van der Waals surface area contributed by atoms with Gasteiger partial charge in [0.05, 0.1) is 0 Å². The van der Waals surface area contributed by atoms with Crippen LogP contribution < -0.4 is 4.74 Å². The molecule has 1 atom stereocenters. The largest absolute Gasteiger partial charge is 0.488 e. The van der Waals surface area contributed by atoms with Gasteiger partial charge in [-0.2, -0.15) is 0 Å². The van der Waals surface area contributed by atoms with Gasteiger partial charge in [-0.25, -0.2) is 4.79 Å². The van der Waals surface area contributed by atoms with E-state index in [0.29, 0.717) is 12.2 Å². The first-order chi connectivity index (χ1) is 14.5. The van der Waals surface area contributed by atoms with Gasteiger partial charge in [-0.3, -0.25) is 0 Å². The van der Waals surface area contributed by atoms with Crippen molar-refractivity contribution in [3.63, 3.8) is 0 Å². The number of hydrogen-bond acceptors (Lipinski definition) is 3. The number of fused-ring (bicyclic) bond motifs is 2. The van der Waals surface area contributed by atoms with Crippen LogP contribution in [0.4, 0.5) is 0 Å². The third-order valence-corrected chi connectivity index (χ3v) is 5.39. The van der Waals surface area contributed by atoms with Crippen molar-refractivity contribution in [3.8, 4) is 5.75 Å². The van der Waals surface area contributed by atoms with E-state index < -0.39 is 0 Å². The van der Waals surface area contributed by atoms with E-state index in [1.54, 1.807) is 6.92 Å². The third kappa shape index (κ3) is 5.41. The van der Waals surface area contributed by atoms with Crippen molar-refractivity contribution in [2.24, 2.45) is 0 Å². The highest BCUT2D eigenvalue weighted by Gasteiger charge is 2.18. The van der Waals surface area contributed by atoms with Crippen LogP contribution in [0, 0.1) is 6.92 Å². The quantitative estimate of drug-likeness (QED) is 0.156. The molecule has 3 nitrogen and oxygen atoms in total. The molecular weight excluding hydrogens is 372 g/mol. The molecule has 30 heavy (non-hydrogen) atoms. The van der Waals surface area contributed by atoms with Gasteiger partial charge >= 0.3 is 5.97 Å². The smallest absolute Gasteiger partial charge is 0.333 e. The van der Waals surface area contributed by atoms with Crippen molar-refractivity contribution in [1.82, 2.24) is 0 Å². The van der Waals surface area contributed by atoms with E-state index in [0.717, 1.165) is 46.6 Å². The Bertz CT molecular complexity index is 1030. The molecule has 0 aliphatic rings. The predicted molar refractivity (Wildman–Crippen MR) is 125 cm³/mol. The van der Waals surface area contributed by atoms with Crippen LogP contribution in [0.25, 0.3) is 21.5 Å². The van der Waals surface area contributed by atoms with Crippen LogP contribution in [0.2, 0.25) is 0 Å². The highest BCUT2D eigenvalue weighted by Crippen LogP contribution is 2.35. The van der Waals surface area contributed by atoms with Gasteiger partial charge in [0.25, 0.3) is 0 Å². The van der Waals surface area contributed by atoms with Crippen LogP contribution in [0.5, 0.6) is 5.75 Å². The summed E-state index contributed by atoms with van der Waals surface area (Å²) in [7, 11) is 0. The molecule has 0 aliphatic heterocycles. The Labute approximate surface area is 179 Å². The molecule has 158 valence electrons. The zero-order chi connectivity index (χ0) is 21.5. The zero-order valence-electron chi connectivity index (χ0n) is 18.4. The molecule has 0 bridgehead atoms. The highest BCUT2D eigenvalue weighted by atomic mass is 16.6. The number of ether oxygens (including phenoxy) is 2. The summed E-state index contributed by atoms with van der Waals surface area (Å²) in [4.78, 5) is 12.1. The van der Waals surface area contributed by atoms with Gasteiger partial charge in [0.15, 0.2) is 0 Å². The summed E-state index contributed by atoms with van der Waals surface area (Å²) in [5, 5.41) is 4.45. The van der Waals surface area contributed by atoms with Crippen LogP contribution >= 0.6 is 0 Å². The van der Waals surface area contributed by atoms with Crippen LogP contribution in [0.15, 0.2) is 60.7 Å². The van der Waals surface area contributed by atoms with E-state index in [9.17, 15) is 4.79 Å². The Kier molecular flexibility index (Phi) is 7.51. The zero-order valence-corrected chi connectivity index (χ0v) is 18.4. The average Bonchev–Trinajstić information content (AvgIpc) is 2.73. The molecule has 0 aromatic heterocycles. The Morgan fingerprint density at radius 2 is 1.77 bits per heavy atom. The Morgan fingerprint density at radius 1 is 1.00 bits per heavy atom. The molecule has 0 saturated carbocycles. The van der Waals surface area contributed by atoms with E-state index >= 15 is 0 Å². The first kappa shape index (κ1) is 21.9. The summed E-state index contributed by atoms with van der Waals surface area (Å²) >= 11 is 0. The first-order valence-electron chi connectivity index (χ1n) is 10.9. The standard InChI is InChI=1S/C27H32O3/c1-5-6-7-8-12-23(30-27(28)19(2)3)18-29-26-24-13-10-9-11-21(24)17-22-15-14-20(4)16-25(22)26/h9-11,13-17,23H,2,5-8,12,18H2,1,3-4H3. The molecule has 3 aromatic carbocycles. The maximum absolute atomic E-state index is 12.1. The van der Waals surface area contributed by atoms with Crippen molar-refractivity contribution >= 4 is 27.5 Å². The van der Waals surface area contributed by atoms with Gasteiger partial charge in [0.1, 0.15) is 18.5 Å². The summed E-state index contributed by atoms with van der Waals surface area (Å²) in [6, 6.07) is 16.9. The van der Waals surface area contributed by atoms with Crippen LogP contribution in [0.1, 0.15) is 51.5 Å². The summed E-state index contributed by atoms with van der Waals surface area (Å²) < 4.78 is 12.1. The molecule has 0 amide bonds. The fourth-order valence-corrected chi connectivity index (χ4v) is 3.69. The van der Waals surface area contributed by atoms with E-state index in [1.165, 1.54) is 18.4 Å². The molecule has 0 aliphatic carbocycles. The number of aryl methyl sites for hydroxylation is 1. The maximum atomic E-state index is 12.1. The normalized spacial score (nSPS) is 12.1. The van der Waals surface area contributed by atoms with Crippen LogP contribution in [-0.4, -0.2) is 18.7 Å². The number of unbranched alkanes of at least 4 members (excludes halogenated alkanes) is 3. The molecule has 0 radical (unpaired) electrons. The molecule has 3 aromatic rings. The van der Waals surface area contributed by atoms with Crippen molar-refractivity contribution in [3.05, 3.63) is 66.2 Å². The lowest BCUT2D eigenvalue weighted by Gasteiger charge is -2.20. The summed E-state index contributed by atoms with van der Waals surface area (Å²) in [6.45, 7) is 10.0. The monoisotopic (exact) mass is 404 g/mol. The predicted octanol–water partition coefficient (Wildman–Crippen LogP) is 7.14. The SMILES string of the molecule is C=C(C)C(=O)OC(CCCCCC)COc1c2ccccc2cc2ccc(C)cc12. The third-order valence-electron chi connectivity index (χ3n) is 5.39. The lowest BCUT2D eigenvalue weighted by molar-refractivity contribution is -0.146. The highest BCUT2D eigenvalue weighted by molar-refractivity contribution is 6.05. The average molecular weight is 405 g/mol. The van der Waals surface area contributed by atoms with E-state index in [-0.39, 0.29) is 12.1 Å². The van der Waals surface area contributed by atoms with Gasteiger partial charge in [-0.1, -0.05) is 74.7 Å². The van der Waals surface area contributed by atoms with Crippen molar-refractivity contribution < 1.29 is 14.3 Å². The molecule has 0 spiro atoms. The Balaban J connectivity index is 1.88. The summed E-state index contributed by atoms with van der Waals surface area (Å²) in [5.41, 5.74) is 1.60. The molecule has 0 heterocycles. The molecule has 0 saturated heterocycles. The lowest BCUT2D eigenvalue weighted by Crippen LogP contribution is -2.25. The fraction of sp³-hybridized carbons (Fsp3) is 0.370. The number of carbonyl (C=O) groups excluding carboxylic acids is 1. The number of rotatable bonds is 10. The first-order valence-corrected chi connectivity index (χ1v) is 10.9. The van der Waals surface area contributed by atoms with Crippen molar-refractivity contribution in [1.29, 1.82) is 0 Å². The minimum atomic E-state index is -0.349. The van der Waals surface area contributed by atoms with Gasteiger partial charge in [0, 0.05) is 16.3 Å². The molecule has 0 fully saturated rings. The van der Waals surface area contributed by atoms with E-state index in [1.807, 2.05) is 12.1 Å². The second-order valence-corrected chi connectivity index (χ2v) is 8.12. The molecular formula is C27H32O3. The minimum absolute atomic E-state index is 0.287. The topological polar surface area (TPSA) is 35.5 Å². The van der Waals surface area contributed by atoms with E-state index in [2.05, 4.69) is 56.8 Å². The lowest BCUT2D eigenvalue weighted by atomic mass is 10.0. The number of benzene rings is 3. The fourth-order valence-electron chi connectivity index (χ4n) is 3.69. The van der Waals surface area contributed by atoms with Crippen LogP contribution in [-0.2, 0) is 9.53 Å². The van der Waals surface area contributed by atoms with Gasteiger partial charge in [-0.05, 0) is 49.6 Å². The second-order valence-electron chi connectivity index (χ2n) is 8.12. The second kappa shape index (κ2) is 10.3. The molecule has 3 heteroatoms. The molecule has 0 N–H and O–H groups in total. The molecule has 1 unspecified atom stereocenters. The number of hydrogen-bond donors (Lipinski definition) is 0. The van der Waals surface area contributed by atoms with Crippen LogP contribution in [0.3, 0.4) is 0 Å². The summed E-state index contributed by atoms with van der Waals surface area (Å²) in [5.74, 6) is 0.509. The summed E-state index contributed by atoms with van der Waals surface area (Å²) in [6.07, 6.45) is 5.02. The van der Waals surface area contributed by atoms with E-state index in [4.69, 9.17) is 9.47 Å². The Hall–Kier alpha value is -2.81. The van der Waals surface area contributed by atoms with Crippen molar-refractivity contribution in [2.45, 2.75) is 59.0 Å². The minimum Gasteiger partial charge on any atom is -0.488 e. The van der Waals surface area contributed by atoms with Gasteiger partial charge < -0.3 is 9.47 Å². The van der Waals surface area contributed by atoms with Crippen molar-refractivity contribution in [2.75, 3.05) is 6.61 Å². The number of carbonyl (C=O) groups is 1. The van der Waals surface area contributed by atoms with Gasteiger partial charge in [-0.15, -0.1) is 0 Å². The van der Waals surface area contributed by atoms with Gasteiger partial charge in [0.2, 0.25) is 0 Å². The Morgan fingerprint density at radius 3 is 2.53 bits per heavy atom. The molecule has 3 rings (SSSR count). The number of esters is 1. The maximum Gasteiger partial charge on any atom is 0.333 e.